The summed E-state index contributed by atoms with van der Waals surface area (Å²) in [6.07, 6.45) is 1.48. The normalized spacial score (nSPS) is 12.2. The molecule has 0 spiro atoms. The van der Waals surface area contributed by atoms with Gasteiger partial charge >= 0.3 is 0 Å². The molecule has 3 aromatic rings. The lowest BCUT2D eigenvalue weighted by Gasteiger charge is -2.12. The Morgan fingerprint density at radius 1 is 1.12 bits per heavy atom. The third-order valence-electron chi connectivity index (χ3n) is 4.81. The number of rotatable bonds is 7. The van der Waals surface area contributed by atoms with Crippen molar-refractivity contribution in [2.75, 3.05) is 6.79 Å². The summed E-state index contributed by atoms with van der Waals surface area (Å²) in [6, 6.07) is 20.4. The highest BCUT2D eigenvalue weighted by atomic mass is 79.9. The third kappa shape index (κ3) is 5.67. The van der Waals surface area contributed by atoms with Crippen molar-refractivity contribution in [3.05, 3.63) is 92.4 Å². The van der Waals surface area contributed by atoms with Crippen LogP contribution in [0.4, 0.5) is 0 Å². The van der Waals surface area contributed by atoms with Gasteiger partial charge in [0.05, 0.1) is 9.50 Å². The number of amides is 1. The molecule has 1 aliphatic rings. The second kappa shape index (κ2) is 10.4. The SMILES string of the molecule is N#C/C(=C/c1cc(Cl)c(OCc2ccc3c(c2)OCO3)c(Br)c1)C(=O)NCc1ccccc1. The van der Waals surface area contributed by atoms with Gasteiger partial charge in [-0.25, -0.2) is 0 Å². The van der Waals surface area contributed by atoms with Crippen molar-refractivity contribution in [3.63, 3.8) is 0 Å². The van der Waals surface area contributed by atoms with Crippen LogP contribution in [0.25, 0.3) is 6.08 Å². The van der Waals surface area contributed by atoms with Crippen molar-refractivity contribution < 1.29 is 19.0 Å². The van der Waals surface area contributed by atoms with Gasteiger partial charge in [-0.2, -0.15) is 5.26 Å². The summed E-state index contributed by atoms with van der Waals surface area (Å²) in [5.41, 5.74) is 2.41. The van der Waals surface area contributed by atoms with Crippen molar-refractivity contribution in [1.82, 2.24) is 5.32 Å². The van der Waals surface area contributed by atoms with Gasteiger partial charge in [0.1, 0.15) is 18.2 Å². The van der Waals surface area contributed by atoms with Crippen LogP contribution in [0.3, 0.4) is 0 Å². The molecule has 1 aliphatic heterocycles. The summed E-state index contributed by atoms with van der Waals surface area (Å²) < 4.78 is 17.2. The van der Waals surface area contributed by atoms with Crippen LogP contribution in [0.1, 0.15) is 16.7 Å². The third-order valence-corrected chi connectivity index (χ3v) is 5.68. The van der Waals surface area contributed by atoms with Gasteiger partial charge in [-0.05, 0) is 63.0 Å². The van der Waals surface area contributed by atoms with Crippen LogP contribution >= 0.6 is 27.5 Å². The highest BCUT2D eigenvalue weighted by molar-refractivity contribution is 9.10. The fourth-order valence-corrected chi connectivity index (χ4v) is 4.16. The van der Waals surface area contributed by atoms with Gasteiger partial charge in [0, 0.05) is 6.54 Å². The molecule has 0 saturated carbocycles. The lowest BCUT2D eigenvalue weighted by molar-refractivity contribution is -0.117. The maximum atomic E-state index is 12.4. The minimum Gasteiger partial charge on any atom is -0.486 e. The molecule has 0 unspecified atom stereocenters. The Labute approximate surface area is 204 Å². The van der Waals surface area contributed by atoms with E-state index in [0.717, 1.165) is 11.1 Å². The zero-order chi connectivity index (χ0) is 23.2. The summed E-state index contributed by atoms with van der Waals surface area (Å²) in [7, 11) is 0. The Kier molecular flexibility index (Phi) is 7.18. The maximum absolute atomic E-state index is 12.4. The Morgan fingerprint density at radius 2 is 1.91 bits per heavy atom. The van der Waals surface area contributed by atoms with Crippen LogP contribution in [-0.2, 0) is 17.9 Å². The monoisotopic (exact) mass is 524 g/mol. The molecule has 6 nitrogen and oxygen atoms in total. The fraction of sp³-hybridized carbons (Fsp3) is 0.120. The lowest BCUT2D eigenvalue weighted by atomic mass is 10.1. The Bertz CT molecular complexity index is 1230. The maximum Gasteiger partial charge on any atom is 0.262 e. The van der Waals surface area contributed by atoms with E-state index in [1.54, 1.807) is 12.1 Å². The van der Waals surface area contributed by atoms with Gasteiger partial charge < -0.3 is 19.5 Å². The first kappa shape index (κ1) is 22.7. The molecule has 0 radical (unpaired) electrons. The lowest BCUT2D eigenvalue weighted by Crippen LogP contribution is -2.23. The van der Waals surface area contributed by atoms with Crippen LogP contribution < -0.4 is 19.5 Å². The Balaban J connectivity index is 1.44. The number of halogens is 2. The largest absolute Gasteiger partial charge is 0.486 e. The fourth-order valence-electron chi connectivity index (χ4n) is 3.18. The molecule has 0 aliphatic carbocycles. The summed E-state index contributed by atoms with van der Waals surface area (Å²) in [5, 5.41) is 12.6. The summed E-state index contributed by atoms with van der Waals surface area (Å²) in [5.74, 6) is 1.38. The molecule has 0 bridgehead atoms. The first-order chi connectivity index (χ1) is 16.0. The number of nitrogens with one attached hydrogen (secondary N) is 1. The van der Waals surface area contributed by atoms with E-state index in [9.17, 15) is 10.1 Å². The summed E-state index contributed by atoms with van der Waals surface area (Å²) >= 11 is 9.89. The number of hydrogen-bond donors (Lipinski definition) is 1. The zero-order valence-electron chi connectivity index (χ0n) is 17.3. The summed E-state index contributed by atoms with van der Waals surface area (Å²) in [6.45, 7) is 0.812. The van der Waals surface area contributed by atoms with E-state index in [1.165, 1.54) is 6.08 Å². The number of carbonyl (C=O) groups excluding carboxylic acids is 1. The number of ether oxygens (including phenoxy) is 3. The number of nitriles is 1. The highest BCUT2D eigenvalue weighted by Crippen LogP contribution is 2.37. The molecule has 0 saturated heterocycles. The van der Waals surface area contributed by atoms with Crippen molar-refractivity contribution in [1.29, 1.82) is 5.26 Å². The molecule has 1 N–H and O–H groups in total. The van der Waals surface area contributed by atoms with Crippen molar-refractivity contribution in [3.8, 4) is 23.3 Å². The van der Waals surface area contributed by atoms with E-state index in [-0.39, 0.29) is 19.0 Å². The van der Waals surface area contributed by atoms with Crippen molar-refractivity contribution in [2.45, 2.75) is 13.2 Å². The topological polar surface area (TPSA) is 80.6 Å². The molecule has 0 aromatic heterocycles. The molecule has 4 rings (SSSR count). The van der Waals surface area contributed by atoms with Crippen molar-refractivity contribution >= 4 is 39.5 Å². The minimum atomic E-state index is -0.461. The molecular formula is C25H18BrClN2O4. The number of fused-ring (bicyclic) bond motifs is 1. The molecule has 1 heterocycles. The predicted octanol–water partition coefficient (Wildman–Crippen LogP) is 5.63. The van der Waals surface area contributed by atoms with E-state index in [4.69, 9.17) is 25.8 Å². The van der Waals surface area contributed by atoms with Gasteiger partial charge in [0.15, 0.2) is 17.2 Å². The van der Waals surface area contributed by atoms with Crippen LogP contribution in [0.5, 0.6) is 17.2 Å². The van der Waals surface area contributed by atoms with E-state index in [2.05, 4.69) is 21.2 Å². The van der Waals surface area contributed by atoms with E-state index < -0.39 is 5.91 Å². The predicted molar refractivity (Wildman–Crippen MR) is 128 cm³/mol. The second-order valence-corrected chi connectivity index (χ2v) is 8.39. The van der Waals surface area contributed by atoms with E-state index in [1.807, 2.05) is 54.6 Å². The molecule has 0 atom stereocenters. The van der Waals surface area contributed by atoms with Crippen LogP contribution in [-0.4, -0.2) is 12.7 Å². The standard InChI is InChI=1S/C25H18BrClN2O4/c26-20-9-18(8-19(12-28)25(30)29-13-16-4-2-1-3-5-16)10-21(27)24(20)31-14-17-6-7-22-23(11-17)33-15-32-22/h1-11H,13-15H2,(H,29,30)/b19-8-. The Hall–Kier alpha value is -3.47. The zero-order valence-corrected chi connectivity index (χ0v) is 19.7. The van der Waals surface area contributed by atoms with Gasteiger partial charge in [-0.1, -0.05) is 48.0 Å². The van der Waals surface area contributed by atoms with Gasteiger partial charge in [0.2, 0.25) is 6.79 Å². The van der Waals surface area contributed by atoms with Crippen LogP contribution in [0.2, 0.25) is 5.02 Å². The average Bonchev–Trinajstić information content (AvgIpc) is 3.29. The van der Waals surface area contributed by atoms with E-state index in [0.29, 0.717) is 38.9 Å². The number of hydrogen-bond acceptors (Lipinski definition) is 5. The first-order valence-electron chi connectivity index (χ1n) is 9.98. The molecule has 166 valence electrons. The number of nitrogens with zero attached hydrogens (tertiary/aromatic N) is 1. The first-order valence-corrected chi connectivity index (χ1v) is 11.1. The van der Waals surface area contributed by atoms with Crippen molar-refractivity contribution in [2.24, 2.45) is 0 Å². The minimum absolute atomic E-state index is 0.0251. The number of benzene rings is 3. The van der Waals surface area contributed by atoms with Crippen LogP contribution in [0, 0.1) is 11.3 Å². The van der Waals surface area contributed by atoms with Gasteiger partial charge in [-0.3, -0.25) is 4.79 Å². The molecule has 8 heteroatoms. The molecular weight excluding hydrogens is 508 g/mol. The van der Waals surface area contributed by atoms with Gasteiger partial charge in [0.25, 0.3) is 5.91 Å². The average molecular weight is 526 g/mol. The summed E-state index contributed by atoms with van der Waals surface area (Å²) in [4.78, 5) is 12.4. The Morgan fingerprint density at radius 3 is 2.67 bits per heavy atom. The quantitative estimate of drug-likeness (QED) is 0.319. The van der Waals surface area contributed by atoms with E-state index >= 15 is 0 Å². The smallest absolute Gasteiger partial charge is 0.262 e. The molecule has 0 fully saturated rings. The molecule has 33 heavy (non-hydrogen) atoms. The van der Waals surface area contributed by atoms with Gasteiger partial charge in [-0.15, -0.1) is 0 Å². The van der Waals surface area contributed by atoms with Crippen LogP contribution in [0.15, 0.2) is 70.7 Å². The molecule has 3 aromatic carbocycles. The number of carbonyl (C=O) groups is 1. The molecule has 1 amide bonds. The second-order valence-electron chi connectivity index (χ2n) is 7.13. The highest BCUT2D eigenvalue weighted by Gasteiger charge is 2.15.